The summed E-state index contributed by atoms with van der Waals surface area (Å²) >= 11 is 0. The molecule has 8 aromatic rings. The molecule has 0 aliphatic carbocycles. The minimum atomic E-state index is -4.61. The van der Waals surface area contributed by atoms with Crippen molar-refractivity contribution >= 4 is 66.1 Å². The van der Waals surface area contributed by atoms with Gasteiger partial charge in [0.25, 0.3) is 0 Å². The van der Waals surface area contributed by atoms with Crippen molar-refractivity contribution in [2.45, 2.75) is 12.4 Å². The van der Waals surface area contributed by atoms with Crippen LogP contribution in [0.25, 0.3) is 54.2 Å². The van der Waals surface area contributed by atoms with Crippen LogP contribution in [-0.2, 0) is 16.9 Å². The normalized spacial score (nSPS) is 12.7. The molecule has 0 saturated heterocycles. The summed E-state index contributed by atoms with van der Waals surface area (Å²) in [5, 5.41) is 8.93. The molecule has 0 radical (unpaired) electrons. The molecular weight excluding hydrogens is 665 g/mol. The summed E-state index contributed by atoms with van der Waals surface area (Å²) < 4.78 is 95.8. The van der Waals surface area contributed by atoms with Crippen LogP contribution in [-0.4, -0.2) is 0 Å². The maximum atomic E-state index is 15.1. The number of halogens is 6. The molecule has 0 fully saturated rings. The van der Waals surface area contributed by atoms with Gasteiger partial charge in [-0.1, -0.05) is 121 Å². The molecule has 246 valence electrons. The molecule has 8 aromatic carbocycles. The lowest BCUT2D eigenvalue weighted by molar-refractivity contribution is -0.138. The van der Waals surface area contributed by atoms with Crippen molar-refractivity contribution in [1.82, 2.24) is 0 Å². The number of fused-ring (bicyclic) bond motifs is 6. The smallest absolute Gasteiger partial charge is 0.309 e. The molecule has 8 rings (SSSR count). The number of rotatable bonds is 4. The molecule has 0 amide bonds. The van der Waals surface area contributed by atoms with Gasteiger partial charge in [0.05, 0.1) is 11.1 Å². The maximum absolute atomic E-state index is 15.1. The maximum Gasteiger partial charge on any atom is 0.416 e. The summed E-state index contributed by atoms with van der Waals surface area (Å²) in [4.78, 5) is 0. The Hall–Kier alpha value is -5.39. The van der Waals surface area contributed by atoms with Gasteiger partial charge in [-0.05, 0) is 84.5 Å². The van der Waals surface area contributed by atoms with E-state index in [-0.39, 0.29) is 15.9 Å². The summed E-state index contributed by atoms with van der Waals surface area (Å²) in [6.45, 7) is 0. The van der Waals surface area contributed by atoms with Gasteiger partial charge in [-0.25, -0.2) is 0 Å². The standard InChI is InChI=1S/C42H25F6OP/c43-41(44,45)29-13-19-32(20-14-29)50(49,33-21-15-30(16-22-33)42(46,47)48)31-17-9-28(10-18-31)40-36-23-11-26-5-1-3-7-34(26)38(36)25-39-35-8-4-2-6-27(35)12-24-37(39)40/h1-25H. The fourth-order valence-electron chi connectivity index (χ4n) is 6.94. The van der Waals surface area contributed by atoms with E-state index >= 15 is 4.57 Å². The van der Waals surface area contributed by atoms with Crippen LogP contribution in [0.3, 0.4) is 0 Å². The summed E-state index contributed by atoms with van der Waals surface area (Å²) in [5.74, 6) is 0. The number of hydrogen-bond acceptors (Lipinski definition) is 1. The monoisotopic (exact) mass is 690 g/mol. The van der Waals surface area contributed by atoms with Gasteiger partial charge in [0.1, 0.15) is 0 Å². The summed E-state index contributed by atoms with van der Waals surface area (Å²) in [6.07, 6.45) is -9.23. The first-order valence-electron chi connectivity index (χ1n) is 15.8. The Morgan fingerprint density at radius 1 is 0.380 bits per heavy atom. The minimum Gasteiger partial charge on any atom is -0.309 e. The van der Waals surface area contributed by atoms with Gasteiger partial charge in [-0.2, -0.15) is 26.3 Å². The Kier molecular flexibility index (Phi) is 7.39. The van der Waals surface area contributed by atoms with Crippen molar-refractivity contribution in [2.75, 3.05) is 0 Å². The first-order valence-corrected chi connectivity index (χ1v) is 17.5. The second kappa shape index (κ2) is 11.6. The Balaban J connectivity index is 1.35. The number of hydrogen-bond donors (Lipinski definition) is 0. The highest BCUT2D eigenvalue weighted by Crippen LogP contribution is 2.46. The van der Waals surface area contributed by atoms with Gasteiger partial charge in [0, 0.05) is 15.9 Å². The largest absolute Gasteiger partial charge is 0.416 e. The molecule has 50 heavy (non-hydrogen) atoms. The molecule has 0 aliphatic rings. The fraction of sp³-hybridized carbons (Fsp3) is 0.0476. The van der Waals surface area contributed by atoms with E-state index in [4.69, 9.17) is 0 Å². The van der Waals surface area contributed by atoms with Crippen molar-refractivity contribution in [3.05, 3.63) is 163 Å². The first kappa shape index (κ1) is 31.9. The van der Waals surface area contributed by atoms with E-state index < -0.39 is 30.6 Å². The first-order chi connectivity index (χ1) is 23.9. The van der Waals surface area contributed by atoms with Gasteiger partial charge >= 0.3 is 12.4 Å². The van der Waals surface area contributed by atoms with E-state index in [1.807, 2.05) is 36.4 Å². The van der Waals surface area contributed by atoms with Gasteiger partial charge in [-0.3, -0.25) is 0 Å². The highest BCUT2D eigenvalue weighted by atomic mass is 31.2. The molecule has 0 spiro atoms. The second-order valence-electron chi connectivity index (χ2n) is 12.3. The molecule has 0 atom stereocenters. The van der Waals surface area contributed by atoms with Gasteiger partial charge in [-0.15, -0.1) is 0 Å². The van der Waals surface area contributed by atoms with E-state index in [2.05, 4.69) is 54.6 Å². The third-order valence-electron chi connectivity index (χ3n) is 9.40. The molecule has 0 aromatic heterocycles. The van der Waals surface area contributed by atoms with Gasteiger partial charge in [0.15, 0.2) is 7.14 Å². The average Bonchev–Trinajstić information content (AvgIpc) is 3.13. The Morgan fingerprint density at radius 2 is 0.760 bits per heavy atom. The van der Waals surface area contributed by atoms with Gasteiger partial charge < -0.3 is 4.57 Å². The topological polar surface area (TPSA) is 17.1 Å². The summed E-state index contributed by atoms with van der Waals surface area (Å²) in [6, 6.07) is 41.8. The molecule has 0 aliphatic heterocycles. The quantitative estimate of drug-likeness (QED) is 0.0778. The molecule has 0 unspecified atom stereocenters. The Labute approximate surface area is 282 Å². The van der Waals surface area contributed by atoms with Crippen LogP contribution in [0.2, 0.25) is 0 Å². The molecule has 0 saturated carbocycles. The van der Waals surface area contributed by atoms with Crippen LogP contribution >= 0.6 is 7.14 Å². The highest BCUT2D eigenvalue weighted by Gasteiger charge is 2.35. The van der Waals surface area contributed by atoms with Crippen molar-refractivity contribution < 1.29 is 30.9 Å². The van der Waals surface area contributed by atoms with Crippen LogP contribution in [0.15, 0.2) is 152 Å². The summed E-state index contributed by atoms with van der Waals surface area (Å²) in [5.41, 5.74) is -0.0577. The minimum absolute atomic E-state index is 0.0755. The number of benzene rings is 8. The van der Waals surface area contributed by atoms with Crippen LogP contribution in [0, 0.1) is 0 Å². The zero-order chi connectivity index (χ0) is 34.8. The zero-order valence-corrected chi connectivity index (χ0v) is 27.0. The van der Waals surface area contributed by atoms with E-state index in [0.29, 0.717) is 0 Å². The lowest BCUT2D eigenvalue weighted by Crippen LogP contribution is -2.25. The molecule has 1 nitrogen and oxygen atoms in total. The highest BCUT2D eigenvalue weighted by molar-refractivity contribution is 7.85. The fourth-order valence-corrected chi connectivity index (χ4v) is 9.55. The van der Waals surface area contributed by atoms with E-state index in [1.54, 1.807) is 12.1 Å². The van der Waals surface area contributed by atoms with Gasteiger partial charge in [0.2, 0.25) is 0 Å². The van der Waals surface area contributed by atoms with E-state index in [1.165, 1.54) is 0 Å². The third kappa shape index (κ3) is 5.24. The SMILES string of the molecule is O=P(c1ccc(-c2c3ccc4ccccc4c3cc3c2ccc2ccccc23)cc1)(c1ccc(C(F)(F)F)cc1)c1ccc(C(F)(F)F)cc1. The number of alkyl halides is 6. The zero-order valence-electron chi connectivity index (χ0n) is 26.1. The second-order valence-corrected chi connectivity index (χ2v) is 15.0. The Morgan fingerprint density at radius 3 is 1.16 bits per heavy atom. The predicted molar refractivity (Wildman–Crippen MR) is 191 cm³/mol. The van der Waals surface area contributed by atoms with E-state index in [9.17, 15) is 26.3 Å². The van der Waals surface area contributed by atoms with Crippen LogP contribution in [0.5, 0.6) is 0 Å². The third-order valence-corrected chi connectivity index (χ3v) is 12.5. The van der Waals surface area contributed by atoms with Crippen molar-refractivity contribution in [1.29, 1.82) is 0 Å². The van der Waals surface area contributed by atoms with E-state index in [0.717, 1.165) is 103 Å². The van der Waals surface area contributed by atoms with Crippen LogP contribution in [0.1, 0.15) is 11.1 Å². The molecule has 8 heteroatoms. The van der Waals surface area contributed by atoms with Crippen LogP contribution < -0.4 is 15.9 Å². The van der Waals surface area contributed by atoms with Crippen LogP contribution in [0.4, 0.5) is 26.3 Å². The molecular formula is C42H25F6OP. The van der Waals surface area contributed by atoms with Crippen molar-refractivity contribution in [3.63, 3.8) is 0 Å². The van der Waals surface area contributed by atoms with Crippen molar-refractivity contribution in [3.8, 4) is 11.1 Å². The Bertz CT molecular complexity index is 2470. The van der Waals surface area contributed by atoms with Crippen molar-refractivity contribution in [2.24, 2.45) is 0 Å². The molecule has 0 heterocycles. The lowest BCUT2D eigenvalue weighted by Gasteiger charge is -2.22. The lowest BCUT2D eigenvalue weighted by atomic mass is 9.88. The molecule has 0 bridgehead atoms. The molecule has 0 N–H and O–H groups in total. The predicted octanol–water partition coefficient (Wildman–Crippen LogP) is 11.6. The average molecular weight is 691 g/mol. The summed E-state index contributed by atoms with van der Waals surface area (Å²) in [7, 11) is -3.93.